The maximum atomic E-state index is 10.8. The van der Waals surface area contributed by atoms with Gasteiger partial charge in [0.15, 0.2) is 0 Å². The minimum atomic E-state index is -3.61. The zero-order chi connectivity index (χ0) is 10.6. The van der Waals surface area contributed by atoms with Gasteiger partial charge in [0.2, 0.25) is 10.0 Å². The first-order chi connectivity index (χ1) is 6.53. The molecule has 78 valence electrons. The van der Waals surface area contributed by atoms with E-state index in [2.05, 4.69) is 0 Å². The molecule has 0 aromatic heterocycles. The Hall–Kier alpha value is -0.950. The summed E-state index contributed by atoms with van der Waals surface area (Å²) in [6.07, 6.45) is 0. The van der Waals surface area contributed by atoms with E-state index in [-0.39, 0.29) is 5.75 Å². The first-order valence-electron chi connectivity index (χ1n) is 3.98. The van der Waals surface area contributed by atoms with Crippen molar-refractivity contribution >= 4 is 10.0 Å². The molecule has 0 saturated carbocycles. The molecule has 1 atom stereocenters. The van der Waals surface area contributed by atoms with Gasteiger partial charge in [-0.25, -0.2) is 13.6 Å². The molecule has 0 heterocycles. The Morgan fingerprint density at radius 1 is 1.36 bits per heavy atom. The molecule has 0 fully saturated rings. The number of hydroxylamine groups is 1. The summed E-state index contributed by atoms with van der Waals surface area (Å²) in [5.41, 5.74) is 2.59. The molecule has 5 nitrogen and oxygen atoms in total. The minimum absolute atomic E-state index is 0.340. The third kappa shape index (κ3) is 3.43. The lowest BCUT2D eigenvalue weighted by Crippen LogP contribution is -2.29. The van der Waals surface area contributed by atoms with E-state index in [0.29, 0.717) is 5.56 Å². The molecule has 0 amide bonds. The summed E-state index contributed by atoms with van der Waals surface area (Å²) in [7, 11) is -3.61. The molecule has 0 saturated heterocycles. The minimum Gasteiger partial charge on any atom is -0.316 e. The average molecular weight is 216 g/mol. The molecule has 0 aliphatic heterocycles. The second kappa shape index (κ2) is 4.52. The maximum Gasteiger partial charge on any atom is 0.211 e. The molecule has 1 rings (SSSR count). The molecular formula is C8H12N2O3S. The van der Waals surface area contributed by atoms with Crippen molar-refractivity contribution in [2.75, 3.05) is 5.75 Å². The fourth-order valence-corrected chi connectivity index (χ4v) is 1.86. The number of hydrogen-bond donors (Lipinski definition) is 3. The molecule has 1 unspecified atom stereocenters. The van der Waals surface area contributed by atoms with Gasteiger partial charge in [0.05, 0.1) is 11.8 Å². The molecule has 6 heteroatoms. The third-order valence-electron chi connectivity index (χ3n) is 1.76. The Balaban J connectivity index is 2.84. The highest BCUT2D eigenvalue weighted by atomic mass is 32.2. The van der Waals surface area contributed by atoms with E-state index in [1.165, 1.54) is 0 Å². The lowest BCUT2D eigenvalue weighted by molar-refractivity contribution is 0.134. The second-order valence-electron chi connectivity index (χ2n) is 2.92. The zero-order valence-corrected chi connectivity index (χ0v) is 8.24. The largest absolute Gasteiger partial charge is 0.316 e. The van der Waals surface area contributed by atoms with Crippen molar-refractivity contribution < 1.29 is 13.6 Å². The first-order valence-corrected chi connectivity index (χ1v) is 5.69. The number of benzene rings is 1. The fraction of sp³-hybridized carbons (Fsp3) is 0.250. The van der Waals surface area contributed by atoms with Crippen molar-refractivity contribution in [3.63, 3.8) is 0 Å². The van der Waals surface area contributed by atoms with Crippen molar-refractivity contribution in [3.8, 4) is 0 Å². The quantitative estimate of drug-likeness (QED) is 0.617. The summed E-state index contributed by atoms with van der Waals surface area (Å²) in [6, 6.07) is 8.03. The number of nitrogens with two attached hydrogens (primary N) is 1. The van der Waals surface area contributed by atoms with E-state index < -0.39 is 16.1 Å². The van der Waals surface area contributed by atoms with Gasteiger partial charge in [-0.3, -0.25) is 0 Å². The summed E-state index contributed by atoms with van der Waals surface area (Å²) in [5, 5.41) is 13.6. The van der Waals surface area contributed by atoms with Crippen molar-refractivity contribution in [1.29, 1.82) is 0 Å². The van der Waals surface area contributed by atoms with Gasteiger partial charge < -0.3 is 5.21 Å². The maximum absolute atomic E-state index is 10.8. The predicted molar refractivity (Wildman–Crippen MR) is 52.1 cm³/mol. The van der Waals surface area contributed by atoms with Gasteiger partial charge >= 0.3 is 0 Å². The van der Waals surface area contributed by atoms with Crippen LogP contribution in [0.15, 0.2) is 30.3 Å². The van der Waals surface area contributed by atoms with Crippen LogP contribution in [0.4, 0.5) is 0 Å². The molecule has 0 spiro atoms. The number of sulfonamides is 1. The highest BCUT2D eigenvalue weighted by Crippen LogP contribution is 2.12. The number of primary sulfonamides is 1. The summed E-state index contributed by atoms with van der Waals surface area (Å²) in [6.45, 7) is 0. The molecule has 0 aliphatic rings. The normalized spacial score (nSPS) is 13.9. The van der Waals surface area contributed by atoms with Gasteiger partial charge in [-0.2, -0.15) is 5.48 Å². The summed E-state index contributed by atoms with van der Waals surface area (Å²) in [4.78, 5) is 0. The van der Waals surface area contributed by atoms with Crippen LogP contribution in [0.3, 0.4) is 0 Å². The Kier molecular flexibility index (Phi) is 3.59. The monoisotopic (exact) mass is 216 g/mol. The van der Waals surface area contributed by atoms with Gasteiger partial charge in [-0.05, 0) is 5.56 Å². The Labute approximate surface area is 82.6 Å². The van der Waals surface area contributed by atoms with Crippen molar-refractivity contribution in [3.05, 3.63) is 35.9 Å². The van der Waals surface area contributed by atoms with E-state index in [4.69, 9.17) is 10.3 Å². The molecule has 4 N–H and O–H groups in total. The van der Waals surface area contributed by atoms with Crippen LogP contribution >= 0.6 is 0 Å². The molecular weight excluding hydrogens is 204 g/mol. The number of hydrogen-bond acceptors (Lipinski definition) is 4. The first kappa shape index (κ1) is 11.1. The van der Waals surface area contributed by atoms with Gasteiger partial charge in [0.25, 0.3) is 0 Å². The topological polar surface area (TPSA) is 92.4 Å². The standard InChI is InChI=1S/C8H12N2O3S/c9-14(12,13)6-8(10-11)7-4-2-1-3-5-7/h1-5,8,10-11H,6H2,(H2,9,12,13). The summed E-state index contributed by atoms with van der Waals surface area (Å²) < 4.78 is 21.6. The van der Waals surface area contributed by atoms with Crippen molar-refractivity contribution in [2.24, 2.45) is 5.14 Å². The van der Waals surface area contributed by atoms with Crippen molar-refractivity contribution in [1.82, 2.24) is 5.48 Å². The highest BCUT2D eigenvalue weighted by Gasteiger charge is 2.16. The highest BCUT2D eigenvalue weighted by molar-refractivity contribution is 7.89. The van der Waals surface area contributed by atoms with Crippen LogP contribution in [0.25, 0.3) is 0 Å². The number of nitrogens with one attached hydrogen (secondary N) is 1. The van der Waals surface area contributed by atoms with E-state index in [9.17, 15) is 8.42 Å². The van der Waals surface area contributed by atoms with E-state index in [1.54, 1.807) is 30.3 Å². The Bertz CT molecular complexity index is 377. The Morgan fingerprint density at radius 3 is 2.36 bits per heavy atom. The van der Waals surface area contributed by atoms with Crippen LogP contribution < -0.4 is 10.6 Å². The van der Waals surface area contributed by atoms with Gasteiger partial charge in [-0.1, -0.05) is 30.3 Å². The average Bonchev–Trinajstić information content (AvgIpc) is 2.14. The smallest absolute Gasteiger partial charge is 0.211 e. The molecule has 0 radical (unpaired) electrons. The second-order valence-corrected chi connectivity index (χ2v) is 4.58. The van der Waals surface area contributed by atoms with E-state index >= 15 is 0 Å². The van der Waals surface area contributed by atoms with Crippen molar-refractivity contribution in [2.45, 2.75) is 6.04 Å². The van der Waals surface area contributed by atoms with Crippen LogP contribution in [-0.2, 0) is 10.0 Å². The molecule has 0 bridgehead atoms. The SMILES string of the molecule is NS(=O)(=O)CC(NO)c1ccccc1. The predicted octanol–water partition coefficient (Wildman–Crippen LogP) is -0.00500. The van der Waals surface area contributed by atoms with E-state index in [1.807, 2.05) is 5.48 Å². The molecule has 1 aromatic rings. The lowest BCUT2D eigenvalue weighted by Gasteiger charge is -2.13. The van der Waals surface area contributed by atoms with Crippen LogP contribution in [-0.4, -0.2) is 19.4 Å². The van der Waals surface area contributed by atoms with Crippen LogP contribution in [0.5, 0.6) is 0 Å². The van der Waals surface area contributed by atoms with Crippen LogP contribution in [0, 0.1) is 0 Å². The zero-order valence-electron chi connectivity index (χ0n) is 7.42. The fourth-order valence-electron chi connectivity index (χ4n) is 1.13. The van der Waals surface area contributed by atoms with Crippen LogP contribution in [0.1, 0.15) is 11.6 Å². The number of rotatable bonds is 4. The summed E-state index contributed by atoms with van der Waals surface area (Å²) in [5.74, 6) is -0.340. The van der Waals surface area contributed by atoms with Gasteiger partial charge in [0, 0.05) is 0 Å². The van der Waals surface area contributed by atoms with Gasteiger partial charge in [-0.15, -0.1) is 0 Å². The van der Waals surface area contributed by atoms with Gasteiger partial charge in [0.1, 0.15) is 0 Å². The molecule has 1 aromatic carbocycles. The summed E-state index contributed by atoms with van der Waals surface area (Å²) >= 11 is 0. The lowest BCUT2D eigenvalue weighted by atomic mass is 10.1. The van der Waals surface area contributed by atoms with E-state index in [0.717, 1.165) is 0 Å². The molecule has 14 heavy (non-hydrogen) atoms. The van der Waals surface area contributed by atoms with Crippen LogP contribution in [0.2, 0.25) is 0 Å². The third-order valence-corrected chi connectivity index (χ3v) is 2.55. The molecule has 0 aliphatic carbocycles. The Morgan fingerprint density at radius 2 is 1.93 bits per heavy atom.